The Balaban J connectivity index is 1.88. The SMILES string of the molecule is C[C@@H](NCc1ccc(CC(=O)O)cc1)c1ccco1. The molecule has 0 aliphatic heterocycles. The molecule has 100 valence electrons. The number of carbonyl (C=O) groups is 1. The first-order valence-corrected chi connectivity index (χ1v) is 6.21. The predicted molar refractivity (Wildman–Crippen MR) is 71.7 cm³/mol. The van der Waals surface area contributed by atoms with Gasteiger partial charge in [-0.15, -0.1) is 0 Å². The molecule has 0 saturated carbocycles. The summed E-state index contributed by atoms with van der Waals surface area (Å²) in [5.74, 6) is 0.0970. The van der Waals surface area contributed by atoms with Crippen molar-refractivity contribution in [2.24, 2.45) is 0 Å². The zero-order valence-electron chi connectivity index (χ0n) is 10.8. The molecule has 4 heteroatoms. The highest BCUT2D eigenvalue weighted by Gasteiger charge is 2.07. The summed E-state index contributed by atoms with van der Waals surface area (Å²) in [6, 6.07) is 11.5. The standard InChI is InChI=1S/C15H17NO3/c1-11(14-3-2-8-19-14)16-10-13-6-4-12(5-7-13)9-15(17)18/h2-8,11,16H,9-10H2,1H3,(H,17,18)/t11-/m1/s1. The van der Waals surface area contributed by atoms with Gasteiger partial charge < -0.3 is 14.8 Å². The lowest BCUT2D eigenvalue weighted by molar-refractivity contribution is -0.136. The van der Waals surface area contributed by atoms with Crippen LogP contribution < -0.4 is 5.32 Å². The minimum Gasteiger partial charge on any atom is -0.481 e. The molecule has 0 bridgehead atoms. The van der Waals surface area contributed by atoms with E-state index >= 15 is 0 Å². The number of rotatable bonds is 6. The van der Waals surface area contributed by atoms with E-state index in [1.54, 1.807) is 6.26 Å². The summed E-state index contributed by atoms with van der Waals surface area (Å²) in [7, 11) is 0. The third-order valence-electron chi connectivity index (χ3n) is 2.96. The number of benzene rings is 1. The van der Waals surface area contributed by atoms with Gasteiger partial charge in [-0.2, -0.15) is 0 Å². The van der Waals surface area contributed by atoms with Crippen LogP contribution in [-0.2, 0) is 17.8 Å². The van der Waals surface area contributed by atoms with Gasteiger partial charge in [-0.05, 0) is 30.2 Å². The normalized spacial score (nSPS) is 12.3. The molecule has 1 aromatic heterocycles. The average Bonchev–Trinajstić information content (AvgIpc) is 2.91. The summed E-state index contributed by atoms with van der Waals surface area (Å²) in [5, 5.41) is 12.0. The third-order valence-corrected chi connectivity index (χ3v) is 2.96. The molecule has 2 rings (SSSR count). The van der Waals surface area contributed by atoms with Crippen molar-refractivity contribution in [3.8, 4) is 0 Å². The second-order valence-electron chi connectivity index (χ2n) is 4.51. The van der Waals surface area contributed by atoms with Crippen molar-refractivity contribution in [2.45, 2.75) is 25.9 Å². The van der Waals surface area contributed by atoms with Crippen LogP contribution in [-0.4, -0.2) is 11.1 Å². The summed E-state index contributed by atoms with van der Waals surface area (Å²) >= 11 is 0. The number of hydrogen-bond donors (Lipinski definition) is 2. The van der Waals surface area contributed by atoms with Crippen LogP contribution in [0.1, 0.15) is 29.9 Å². The lowest BCUT2D eigenvalue weighted by atomic mass is 10.1. The van der Waals surface area contributed by atoms with Gasteiger partial charge in [-0.3, -0.25) is 4.79 Å². The van der Waals surface area contributed by atoms with Gasteiger partial charge in [-0.1, -0.05) is 24.3 Å². The molecule has 0 spiro atoms. The van der Waals surface area contributed by atoms with Crippen LogP contribution in [0.2, 0.25) is 0 Å². The molecule has 0 fully saturated rings. The number of nitrogens with one attached hydrogen (secondary N) is 1. The van der Waals surface area contributed by atoms with E-state index in [2.05, 4.69) is 5.32 Å². The Morgan fingerprint density at radius 2 is 1.95 bits per heavy atom. The smallest absolute Gasteiger partial charge is 0.307 e. The second kappa shape index (κ2) is 6.20. The zero-order chi connectivity index (χ0) is 13.7. The Hall–Kier alpha value is -2.07. The summed E-state index contributed by atoms with van der Waals surface area (Å²) in [5.41, 5.74) is 1.93. The maximum absolute atomic E-state index is 10.6. The van der Waals surface area contributed by atoms with E-state index in [0.29, 0.717) is 0 Å². The molecule has 0 saturated heterocycles. The quantitative estimate of drug-likeness (QED) is 0.837. The fourth-order valence-electron chi connectivity index (χ4n) is 1.86. The second-order valence-corrected chi connectivity index (χ2v) is 4.51. The minimum atomic E-state index is -0.808. The average molecular weight is 259 g/mol. The Labute approximate surface area is 112 Å². The van der Waals surface area contributed by atoms with E-state index in [4.69, 9.17) is 9.52 Å². The number of hydrogen-bond acceptors (Lipinski definition) is 3. The first-order chi connectivity index (χ1) is 9.15. The molecule has 0 unspecified atom stereocenters. The van der Waals surface area contributed by atoms with Gasteiger partial charge in [0.25, 0.3) is 0 Å². The molecule has 0 radical (unpaired) electrons. The Morgan fingerprint density at radius 1 is 1.26 bits per heavy atom. The molecule has 0 amide bonds. The van der Waals surface area contributed by atoms with Crippen molar-refractivity contribution in [3.05, 3.63) is 59.5 Å². The van der Waals surface area contributed by atoms with Crippen molar-refractivity contribution < 1.29 is 14.3 Å². The number of carboxylic acids is 1. The summed E-state index contributed by atoms with van der Waals surface area (Å²) in [6.45, 7) is 2.76. The van der Waals surface area contributed by atoms with Crippen LogP contribution in [0.15, 0.2) is 47.1 Å². The van der Waals surface area contributed by atoms with E-state index in [1.165, 1.54) is 0 Å². The van der Waals surface area contributed by atoms with Crippen LogP contribution in [0, 0.1) is 0 Å². The van der Waals surface area contributed by atoms with Gasteiger partial charge >= 0.3 is 5.97 Å². The van der Waals surface area contributed by atoms with Gasteiger partial charge in [0, 0.05) is 6.54 Å². The zero-order valence-corrected chi connectivity index (χ0v) is 10.8. The Morgan fingerprint density at radius 3 is 2.53 bits per heavy atom. The van der Waals surface area contributed by atoms with Crippen LogP contribution in [0.4, 0.5) is 0 Å². The Kier molecular flexibility index (Phi) is 4.36. The molecule has 1 aromatic carbocycles. The highest BCUT2D eigenvalue weighted by Crippen LogP contribution is 2.13. The highest BCUT2D eigenvalue weighted by atomic mass is 16.4. The summed E-state index contributed by atoms with van der Waals surface area (Å²) in [6.07, 6.45) is 1.73. The fraction of sp³-hybridized carbons (Fsp3) is 0.267. The van der Waals surface area contributed by atoms with Gasteiger partial charge in [-0.25, -0.2) is 0 Å². The number of furan rings is 1. The molecule has 2 N–H and O–H groups in total. The minimum absolute atomic E-state index is 0.0660. The van der Waals surface area contributed by atoms with Crippen molar-refractivity contribution in [1.29, 1.82) is 0 Å². The maximum Gasteiger partial charge on any atom is 0.307 e. The largest absolute Gasteiger partial charge is 0.481 e. The molecule has 0 aliphatic rings. The maximum atomic E-state index is 10.6. The number of carboxylic acid groups (broad SMARTS) is 1. The van der Waals surface area contributed by atoms with Crippen molar-refractivity contribution >= 4 is 5.97 Å². The molecule has 1 heterocycles. The highest BCUT2D eigenvalue weighted by molar-refractivity contribution is 5.70. The first-order valence-electron chi connectivity index (χ1n) is 6.21. The van der Waals surface area contributed by atoms with Gasteiger partial charge in [0.1, 0.15) is 5.76 Å². The van der Waals surface area contributed by atoms with E-state index in [1.807, 2.05) is 43.3 Å². The van der Waals surface area contributed by atoms with E-state index in [-0.39, 0.29) is 12.5 Å². The van der Waals surface area contributed by atoms with Crippen molar-refractivity contribution in [2.75, 3.05) is 0 Å². The number of aliphatic carboxylic acids is 1. The monoisotopic (exact) mass is 259 g/mol. The summed E-state index contributed by atoms with van der Waals surface area (Å²) in [4.78, 5) is 10.6. The molecular weight excluding hydrogens is 242 g/mol. The van der Waals surface area contributed by atoms with Crippen molar-refractivity contribution in [1.82, 2.24) is 5.32 Å². The van der Waals surface area contributed by atoms with Gasteiger partial charge in [0.05, 0.1) is 18.7 Å². The molecule has 19 heavy (non-hydrogen) atoms. The molecule has 0 aliphatic carbocycles. The van der Waals surface area contributed by atoms with Gasteiger partial charge in [0.2, 0.25) is 0 Å². The van der Waals surface area contributed by atoms with Crippen molar-refractivity contribution in [3.63, 3.8) is 0 Å². The van der Waals surface area contributed by atoms with Crippen LogP contribution in [0.5, 0.6) is 0 Å². The van der Waals surface area contributed by atoms with E-state index in [9.17, 15) is 4.79 Å². The molecular formula is C15H17NO3. The van der Waals surface area contributed by atoms with Crippen LogP contribution >= 0.6 is 0 Å². The third kappa shape index (κ3) is 3.96. The topological polar surface area (TPSA) is 62.5 Å². The van der Waals surface area contributed by atoms with E-state index in [0.717, 1.165) is 23.4 Å². The fourth-order valence-corrected chi connectivity index (χ4v) is 1.86. The first kappa shape index (κ1) is 13.4. The van der Waals surface area contributed by atoms with E-state index < -0.39 is 5.97 Å². The lowest BCUT2D eigenvalue weighted by Crippen LogP contribution is -2.17. The van der Waals surface area contributed by atoms with Crippen LogP contribution in [0.3, 0.4) is 0 Å². The lowest BCUT2D eigenvalue weighted by Gasteiger charge is -2.11. The molecule has 2 aromatic rings. The molecule has 1 atom stereocenters. The van der Waals surface area contributed by atoms with Gasteiger partial charge in [0.15, 0.2) is 0 Å². The Bertz CT molecular complexity index is 517. The summed E-state index contributed by atoms with van der Waals surface area (Å²) < 4.78 is 5.32. The van der Waals surface area contributed by atoms with Crippen LogP contribution in [0.25, 0.3) is 0 Å². The predicted octanol–water partition coefficient (Wildman–Crippen LogP) is 2.76. The molecule has 4 nitrogen and oxygen atoms in total.